The summed E-state index contributed by atoms with van der Waals surface area (Å²) in [5.74, 6) is 0.555. The molecule has 1 aromatic carbocycles. The number of aromatic nitrogens is 4. The van der Waals surface area contributed by atoms with E-state index >= 15 is 0 Å². The van der Waals surface area contributed by atoms with E-state index in [0.717, 1.165) is 5.56 Å². The molecule has 0 radical (unpaired) electrons. The molecule has 0 saturated heterocycles. The van der Waals surface area contributed by atoms with E-state index in [1.165, 1.54) is 16.1 Å². The topological polar surface area (TPSA) is 63.1 Å². The van der Waals surface area contributed by atoms with Gasteiger partial charge in [-0.25, -0.2) is 14.5 Å². The van der Waals surface area contributed by atoms with Crippen molar-refractivity contribution in [1.29, 1.82) is 0 Å². The molecule has 108 valence electrons. The highest BCUT2D eigenvalue weighted by atomic mass is 32.1. The van der Waals surface area contributed by atoms with E-state index in [4.69, 9.17) is 0 Å². The minimum Gasteiger partial charge on any atom is -0.268 e. The van der Waals surface area contributed by atoms with Gasteiger partial charge in [0.1, 0.15) is 0 Å². The molecule has 1 N–H and O–H groups in total. The fourth-order valence-corrected chi connectivity index (χ4v) is 2.39. The number of hydrogen-bond donors (Lipinski definition) is 2. The molecule has 0 fully saturated rings. The molecule has 0 amide bonds. The van der Waals surface area contributed by atoms with Gasteiger partial charge in [-0.1, -0.05) is 45.0 Å². The van der Waals surface area contributed by atoms with Crippen LogP contribution in [-0.2, 0) is 5.41 Å². The molecule has 0 aliphatic carbocycles. The molecular formula is C15H16N4OS. The zero-order chi connectivity index (χ0) is 15.2. The second-order valence-corrected chi connectivity index (χ2v) is 6.39. The van der Waals surface area contributed by atoms with Crippen molar-refractivity contribution < 1.29 is 0 Å². The van der Waals surface area contributed by atoms with E-state index in [9.17, 15) is 4.79 Å². The number of aromatic amines is 1. The molecule has 21 heavy (non-hydrogen) atoms. The summed E-state index contributed by atoms with van der Waals surface area (Å²) in [6.07, 6.45) is 0. The van der Waals surface area contributed by atoms with Crippen molar-refractivity contribution in [2.45, 2.75) is 31.3 Å². The predicted molar refractivity (Wildman–Crippen MR) is 85.0 cm³/mol. The molecule has 2 heterocycles. The van der Waals surface area contributed by atoms with Crippen LogP contribution >= 0.6 is 12.6 Å². The van der Waals surface area contributed by atoms with Gasteiger partial charge in [-0.15, -0.1) is 12.6 Å². The Bertz CT molecular complexity index is 856. The smallest absolute Gasteiger partial charge is 0.266 e. The average Bonchev–Trinajstić information content (AvgIpc) is 2.79. The van der Waals surface area contributed by atoms with Gasteiger partial charge in [0.2, 0.25) is 0 Å². The van der Waals surface area contributed by atoms with E-state index in [2.05, 4.69) is 60.6 Å². The van der Waals surface area contributed by atoms with Crippen molar-refractivity contribution in [3.05, 3.63) is 46.2 Å². The van der Waals surface area contributed by atoms with Crippen LogP contribution in [0.5, 0.6) is 0 Å². The number of H-pyrrole nitrogens is 1. The Labute approximate surface area is 127 Å². The summed E-state index contributed by atoms with van der Waals surface area (Å²) in [5, 5.41) is 2.99. The lowest BCUT2D eigenvalue weighted by Crippen LogP contribution is -2.10. The third kappa shape index (κ3) is 2.58. The van der Waals surface area contributed by atoms with Crippen LogP contribution in [0.15, 0.2) is 40.3 Å². The first-order chi connectivity index (χ1) is 9.84. The zero-order valence-electron chi connectivity index (χ0n) is 12.1. The number of nitrogens with zero attached hydrogens (tertiary/aromatic N) is 3. The van der Waals surface area contributed by atoms with Crippen LogP contribution in [0, 0.1) is 0 Å². The van der Waals surface area contributed by atoms with Crippen LogP contribution < -0.4 is 5.56 Å². The maximum absolute atomic E-state index is 11.4. The maximum atomic E-state index is 11.4. The molecule has 0 saturated carbocycles. The molecule has 5 nitrogen and oxygen atoms in total. The van der Waals surface area contributed by atoms with E-state index < -0.39 is 0 Å². The van der Waals surface area contributed by atoms with E-state index in [-0.39, 0.29) is 11.0 Å². The lowest BCUT2D eigenvalue weighted by Gasteiger charge is -2.19. The summed E-state index contributed by atoms with van der Waals surface area (Å²) < 4.78 is 1.46. The lowest BCUT2D eigenvalue weighted by atomic mass is 9.87. The van der Waals surface area contributed by atoms with Gasteiger partial charge in [-0.05, 0) is 11.0 Å². The molecule has 6 heteroatoms. The van der Waals surface area contributed by atoms with Crippen molar-refractivity contribution >= 4 is 18.3 Å². The third-order valence-corrected chi connectivity index (χ3v) is 3.65. The third-order valence-electron chi connectivity index (χ3n) is 3.35. The first kappa shape index (κ1) is 13.9. The van der Waals surface area contributed by atoms with Gasteiger partial charge in [0.25, 0.3) is 5.56 Å². The highest BCUT2D eigenvalue weighted by Gasteiger charge is 2.14. The van der Waals surface area contributed by atoms with Gasteiger partial charge in [0.15, 0.2) is 16.6 Å². The molecule has 0 aliphatic heterocycles. The van der Waals surface area contributed by atoms with E-state index in [0.29, 0.717) is 16.6 Å². The molecule has 3 aromatic rings. The van der Waals surface area contributed by atoms with Crippen LogP contribution in [0.3, 0.4) is 0 Å². The Morgan fingerprint density at radius 2 is 1.81 bits per heavy atom. The van der Waals surface area contributed by atoms with E-state index in [1.807, 2.05) is 12.1 Å². The number of hydrogen-bond acceptors (Lipinski definition) is 4. The summed E-state index contributed by atoms with van der Waals surface area (Å²) in [6, 6.07) is 9.55. The number of thiol groups is 1. The van der Waals surface area contributed by atoms with E-state index in [1.54, 1.807) is 0 Å². The van der Waals surface area contributed by atoms with Crippen LogP contribution in [0.1, 0.15) is 26.3 Å². The van der Waals surface area contributed by atoms with Gasteiger partial charge in [0.05, 0.1) is 0 Å². The molecule has 3 rings (SSSR count). The van der Waals surface area contributed by atoms with Crippen molar-refractivity contribution in [3.63, 3.8) is 0 Å². The van der Waals surface area contributed by atoms with Gasteiger partial charge >= 0.3 is 0 Å². The summed E-state index contributed by atoms with van der Waals surface area (Å²) in [7, 11) is 0. The maximum Gasteiger partial charge on any atom is 0.266 e. The minimum absolute atomic E-state index is 0.103. The van der Waals surface area contributed by atoms with Crippen molar-refractivity contribution in [2.24, 2.45) is 0 Å². The molecule has 2 aromatic heterocycles. The summed E-state index contributed by atoms with van der Waals surface area (Å²) in [5.41, 5.74) is 2.53. The minimum atomic E-state index is -0.222. The summed E-state index contributed by atoms with van der Waals surface area (Å²) in [6.45, 7) is 6.51. The quantitative estimate of drug-likeness (QED) is 0.679. The summed E-state index contributed by atoms with van der Waals surface area (Å²) >= 11 is 4.29. The van der Waals surface area contributed by atoms with Crippen molar-refractivity contribution in [1.82, 2.24) is 19.6 Å². The first-order valence-electron chi connectivity index (χ1n) is 6.64. The fraction of sp³-hybridized carbons (Fsp3) is 0.267. The highest BCUT2D eigenvalue weighted by Crippen LogP contribution is 2.25. The SMILES string of the molecule is CC(C)(C)c1ccc(-c2nc(S)n3[nH]c(=O)cc3n2)cc1. The van der Waals surface area contributed by atoms with Crippen LogP contribution in [0.25, 0.3) is 17.0 Å². The first-order valence-corrected chi connectivity index (χ1v) is 7.09. The summed E-state index contributed by atoms with van der Waals surface area (Å²) in [4.78, 5) is 20.1. The second-order valence-electron chi connectivity index (χ2n) is 5.99. The van der Waals surface area contributed by atoms with Gasteiger partial charge < -0.3 is 0 Å². The Hall–Kier alpha value is -2.08. The zero-order valence-corrected chi connectivity index (χ0v) is 13.0. The van der Waals surface area contributed by atoms with Gasteiger partial charge in [-0.3, -0.25) is 9.89 Å². The van der Waals surface area contributed by atoms with Crippen molar-refractivity contribution in [3.8, 4) is 11.4 Å². The number of benzene rings is 1. The fourth-order valence-electron chi connectivity index (χ4n) is 2.14. The molecule has 0 aliphatic rings. The molecule has 0 unspecified atom stereocenters. The number of rotatable bonds is 1. The molecule has 0 atom stereocenters. The number of nitrogens with one attached hydrogen (secondary N) is 1. The largest absolute Gasteiger partial charge is 0.268 e. The Morgan fingerprint density at radius 1 is 1.14 bits per heavy atom. The molecule has 0 spiro atoms. The monoisotopic (exact) mass is 300 g/mol. The van der Waals surface area contributed by atoms with Gasteiger partial charge in [0, 0.05) is 11.6 Å². The normalized spacial score (nSPS) is 12.0. The van der Waals surface area contributed by atoms with Crippen LogP contribution in [0.2, 0.25) is 0 Å². The lowest BCUT2D eigenvalue weighted by molar-refractivity contribution is 0.590. The average molecular weight is 300 g/mol. The highest BCUT2D eigenvalue weighted by molar-refractivity contribution is 7.80. The predicted octanol–water partition coefficient (Wildman–Crippen LogP) is 2.67. The number of fused-ring (bicyclic) bond motifs is 1. The van der Waals surface area contributed by atoms with Gasteiger partial charge in [-0.2, -0.15) is 0 Å². The Kier molecular flexibility index (Phi) is 3.13. The van der Waals surface area contributed by atoms with Crippen LogP contribution in [-0.4, -0.2) is 19.6 Å². The molecule has 0 bridgehead atoms. The standard InChI is InChI=1S/C15H16N4OS/c1-15(2,3)10-6-4-9(5-7-10)13-16-11-8-12(20)18-19(11)14(21)17-13/h4-8H,1-3H3,(H,18,20)(H,16,17,21). The Balaban J connectivity index is 2.10. The van der Waals surface area contributed by atoms with Crippen LogP contribution in [0.4, 0.5) is 0 Å². The Morgan fingerprint density at radius 3 is 2.43 bits per heavy atom. The van der Waals surface area contributed by atoms with Crippen molar-refractivity contribution in [2.75, 3.05) is 0 Å². The second kappa shape index (κ2) is 4.73. The molecular weight excluding hydrogens is 284 g/mol.